The first-order valence-corrected chi connectivity index (χ1v) is 9.88. The number of carboxylic acids is 2. The molecule has 0 heterocycles. The van der Waals surface area contributed by atoms with Gasteiger partial charge in [0, 0.05) is 23.3 Å². The van der Waals surface area contributed by atoms with Crippen molar-refractivity contribution in [1.82, 2.24) is 0 Å². The molecular weight excluding hydrogens is 527 g/mol. The molecule has 7 heteroatoms. The summed E-state index contributed by atoms with van der Waals surface area (Å²) in [6, 6.07) is 0.473. The fourth-order valence-corrected chi connectivity index (χ4v) is 4.02. The summed E-state index contributed by atoms with van der Waals surface area (Å²) >= 11 is 0. The number of carboxylic acid groups (broad SMARTS) is 2. The standard InChI is InChI=1S/C10H20N2.C10H16O4.Pt/c1-2-3-8-12-10-7-5-4-6-9(10)11;1-9(2)6(7(11)12)4-5-10(9,3)8(13)14;/h9-11H,2-8H2,1H3;6H,4-5H2,1-3H3,(H,11,12)(H,13,14);/q-2;;+4/p-2/t9-,10-;;/m1../s1. The van der Waals surface area contributed by atoms with Crippen LogP contribution in [0, 0.1) is 16.7 Å². The summed E-state index contributed by atoms with van der Waals surface area (Å²) in [6.45, 7) is 8.02. The molecule has 2 rings (SSSR count). The van der Waals surface area contributed by atoms with Crippen LogP contribution in [-0.2, 0) is 30.7 Å². The van der Waals surface area contributed by atoms with E-state index in [9.17, 15) is 19.8 Å². The van der Waals surface area contributed by atoms with E-state index in [-0.39, 0.29) is 27.1 Å². The van der Waals surface area contributed by atoms with Crippen molar-refractivity contribution in [2.75, 3.05) is 6.54 Å². The zero-order chi connectivity index (χ0) is 20.0. The molecule has 2 aliphatic rings. The Morgan fingerprint density at radius 2 is 1.70 bits per heavy atom. The molecule has 0 spiro atoms. The number of rotatable bonds is 6. The molecule has 4 atom stereocenters. The normalized spacial score (nSPS) is 32.0. The van der Waals surface area contributed by atoms with E-state index >= 15 is 0 Å². The second-order valence-electron chi connectivity index (χ2n) is 8.47. The third-order valence-electron chi connectivity index (χ3n) is 6.57. The Morgan fingerprint density at radius 1 is 1.11 bits per heavy atom. The molecule has 0 aromatic carbocycles. The van der Waals surface area contributed by atoms with Gasteiger partial charge in [-0.05, 0) is 18.3 Å². The molecule has 0 aromatic heterocycles. The Bertz CT molecular complexity index is 487. The summed E-state index contributed by atoms with van der Waals surface area (Å²) in [6.07, 6.45) is 7.87. The maximum Gasteiger partial charge on any atom is 4.00 e. The number of carbonyl (C=O) groups excluding carboxylic acids is 2. The van der Waals surface area contributed by atoms with E-state index in [1.807, 2.05) is 0 Å². The van der Waals surface area contributed by atoms with Gasteiger partial charge in [0.15, 0.2) is 0 Å². The third kappa shape index (κ3) is 6.54. The van der Waals surface area contributed by atoms with E-state index in [1.54, 1.807) is 20.8 Å². The van der Waals surface area contributed by atoms with Crippen LogP contribution in [0.1, 0.15) is 79.1 Å². The Labute approximate surface area is 178 Å². The molecule has 2 fully saturated rings. The van der Waals surface area contributed by atoms with Gasteiger partial charge in [0.05, 0.1) is 0 Å². The SMILES string of the molecule is CC1(C(=O)[O-])CCC(C(=O)[O-])C1(C)C.CCCC[N-][C@@H]1CCCC[C@H]1[NH-].[Pt+4]. The minimum atomic E-state index is -1.17. The van der Waals surface area contributed by atoms with Crippen molar-refractivity contribution in [2.45, 2.75) is 91.1 Å². The minimum absolute atomic E-state index is 0. The van der Waals surface area contributed by atoms with E-state index in [2.05, 4.69) is 12.2 Å². The van der Waals surface area contributed by atoms with Crippen LogP contribution in [0.15, 0.2) is 0 Å². The van der Waals surface area contributed by atoms with Crippen LogP contribution in [0.2, 0.25) is 0 Å². The van der Waals surface area contributed by atoms with E-state index < -0.39 is 28.7 Å². The van der Waals surface area contributed by atoms with Crippen molar-refractivity contribution in [3.8, 4) is 0 Å². The molecule has 158 valence electrons. The summed E-state index contributed by atoms with van der Waals surface area (Å²) in [5, 5.41) is 26.4. The van der Waals surface area contributed by atoms with Crippen molar-refractivity contribution in [2.24, 2.45) is 16.7 Å². The Morgan fingerprint density at radius 3 is 2.11 bits per heavy atom. The molecule has 0 aromatic rings. The van der Waals surface area contributed by atoms with Crippen molar-refractivity contribution in [1.29, 1.82) is 0 Å². The second-order valence-corrected chi connectivity index (χ2v) is 8.47. The number of hydrogen-bond acceptors (Lipinski definition) is 4. The van der Waals surface area contributed by atoms with Gasteiger partial charge in [0.1, 0.15) is 0 Å². The zero-order valence-corrected chi connectivity index (χ0v) is 19.3. The Hall–Kier alpha value is -0.452. The average Bonchev–Trinajstić information content (AvgIpc) is 2.81. The third-order valence-corrected chi connectivity index (χ3v) is 6.57. The van der Waals surface area contributed by atoms with Crippen LogP contribution in [-0.4, -0.2) is 30.6 Å². The van der Waals surface area contributed by atoms with Crippen LogP contribution in [0.3, 0.4) is 0 Å². The van der Waals surface area contributed by atoms with E-state index in [0.717, 1.165) is 19.4 Å². The molecule has 6 nitrogen and oxygen atoms in total. The first-order valence-electron chi connectivity index (χ1n) is 9.88. The zero-order valence-electron chi connectivity index (χ0n) is 17.0. The molecule has 0 amide bonds. The van der Waals surface area contributed by atoms with Crippen LogP contribution >= 0.6 is 0 Å². The summed E-state index contributed by atoms with van der Waals surface area (Å²) in [5.41, 5.74) is 5.88. The monoisotopic (exact) mass is 561 g/mol. The first-order chi connectivity index (χ1) is 12.1. The molecule has 1 N–H and O–H groups in total. The first kappa shape index (κ1) is 26.5. The van der Waals surface area contributed by atoms with Gasteiger partial charge in [-0.1, -0.05) is 66.2 Å². The van der Waals surface area contributed by atoms with E-state index in [4.69, 9.17) is 5.73 Å². The fraction of sp³-hybridized carbons (Fsp3) is 0.900. The predicted octanol–water partition coefficient (Wildman–Crippen LogP) is 2.45. The van der Waals surface area contributed by atoms with E-state index in [0.29, 0.717) is 18.9 Å². The van der Waals surface area contributed by atoms with Crippen LogP contribution in [0.5, 0.6) is 0 Å². The summed E-state index contributed by atoms with van der Waals surface area (Å²) < 4.78 is 0. The van der Waals surface area contributed by atoms with Gasteiger partial charge in [-0.25, -0.2) is 0 Å². The maximum absolute atomic E-state index is 11.0. The predicted molar refractivity (Wildman–Crippen MR) is 98.1 cm³/mol. The van der Waals surface area contributed by atoms with Crippen LogP contribution < -0.4 is 10.2 Å². The maximum atomic E-state index is 11.0. The summed E-state index contributed by atoms with van der Waals surface area (Å²) in [7, 11) is 0. The molecule has 27 heavy (non-hydrogen) atoms. The van der Waals surface area contributed by atoms with Gasteiger partial charge in [-0.15, -0.1) is 6.54 Å². The fourth-order valence-electron chi connectivity index (χ4n) is 4.02. The number of hydrogen-bond donors (Lipinski definition) is 0. The molecule has 0 bridgehead atoms. The number of nitrogens with zero attached hydrogens (tertiary/aromatic N) is 1. The van der Waals surface area contributed by atoms with Crippen LogP contribution in [0.25, 0.3) is 11.1 Å². The molecule has 2 unspecified atom stereocenters. The molecule has 0 radical (unpaired) electrons. The number of unbranched alkanes of at least 4 members (excludes halogenated alkanes) is 1. The van der Waals surface area contributed by atoms with Crippen LogP contribution in [0.4, 0.5) is 0 Å². The largest absolute Gasteiger partial charge is 4.00 e. The summed E-state index contributed by atoms with van der Waals surface area (Å²) in [4.78, 5) is 21.8. The Balaban J connectivity index is 0.000000488. The Kier molecular flexibility index (Phi) is 11.3. The molecule has 0 aliphatic heterocycles. The van der Waals surface area contributed by atoms with Gasteiger partial charge in [0.2, 0.25) is 0 Å². The van der Waals surface area contributed by atoms with Crippen molar-refractivity contribution < 1.29 is 40.9 Å². The van der Waals surface area contributed by atoms with Crippen molar-refractivity contribution in [3.63, 3.8) is 0 Å². The second kappa shape index (κ2) is 11.5. The quantitative estimate of drug-likeness (QED) is 0.463. The molecule has 0 saturated heterocycles. The number of aliphatic carboxylic acids is 2. The number of nitrogens with one attached hydrogen (secondary N) is 1. The smallest absolute Gasteiger partial charge is 0.676 e. The van der Waals surface area contributed by atoms with Gasteiger partial charge < -0.3 is 30.9 Å². The molecular formula is C20H34N2O4Pt. The topological polar surface area (TPSA) is 118 Å². The summed E-state index contributed by atoms with van der Waals surface area (Å²) in [5.74, 6) is -3.04. The van der Waals surface area contributed by atoms with Crippen molar-refractivity contribution in [3.05, 3.63) is 11.1 Å². The number of carbonyl (C=O) groups is 2. The average molecular weight is 562 g/mol. The van der Waals surface area contributed by atoms with E-state index in [1.165, 1.54) is 25.7 Å². The molecule has 2 saturated carbocycles. The van der Waals surface area contributed by atoms with Gasteiger partial charge in [0.25, 0.3) is 0 Å². The van der Waals surface area contributed by atoms with Gasteiger partial charge in [-0.3, -0.25) is 0 Å². The van der Waals surface area contributed by atoms with Gasteiger partial charge >= 0.3 is 21.1 Å². The minimum Gasteiger partial charge on any atom is -0.676 e. The van der Waals surface area contributed by atoms with Crippen molar-refractivity contribution >= 4 is 11.9 Å². The van der Waals surface area contributed by atoms with Gasteiger partial charge in [-0.2, -0.15) is 12.1 Å². The molecule has 2 aliphatic carbocycles.